The van der Waals surface area contributed by atoms with Crippen molar-refractivity contribution in [2.45, 2.75) is 30.6 Å². The van der Waals surface area contributed by atoms with Crippen LogP contribution >= 0.6 is 0 Å². The van der Waals surface area contributed by atoms with Crippen molar-refractivity contribution in [1.82, 2.24) is 14.5 Å². The zero-order valence-corrected chi connectivity index (χ0v) is 18.4. The highest BCUT2D eigenvalue weighted by molar-refractivity contribution is 7.89. The normalized spacial score (nSPS) is 18.6. The molecule has 3 heterocycles. The predicted molar refractivity (Wildman–Crippen MR) is 114 cm³/mol. The SMILES string of the molecule is CCOc1ccccc1S(=O)(=O)N1CCCC(c2nnc(-c3ccc4c(c3)OCO4)o2)C1. The molecule has 2 aromatic carbocycles. The Morgan fingerprint density at radius 3 is 2.84 bits per heavy atom. The van der Waals surface area contributed by atoms with E-state index in [9.17, 15) is 8.42 Å². The molecule has 0 bridgehead atoms. The summed E-state index contributed by atoms with van der Waals surface area (Å²) in [6, 6.07) is 12.1. The van der Waals surface area contributed by atoms with Gasteiger partial charge in [-0.25, -0.2) is 8.42 Å². The average Bonchev–Trinajstić information content (AvgIpc) is 3.49. The first-order valence-corrected chi connectivity index (χ1v) is 12.0. The van der Waals surface area contributed by atoms with E-state index in [1.807, 2.05) is 13.0 Å². The van der Waals surface area contributed by atoms with Gasteiger partial charge in [-0.1, -0.05) is 12.1 Å². The molecule has 0 amide bonds. The molecule has 0 N–H and O–H groups in total. The summed E-state index contributed by atoms with van der Waals surface area (Å²) >= 11 is 0. The van der Waals surface area contributed by atoms with Gasteiger partial charge in [0.25, 0.3) is 0 Å². The second-order valence-electron chi connectivity index (χ2n) is 7.60. The number of hydrogen-bond donors (Lipinski definition) is 0. The summed E-state index contributed by atoms with van der Waals surface area (Å²) < 4.78 is 50.4. The van der Waals surface area contributed by atoms with Crippen LogP contribution in [0.15, 0.2) is 51.8 Å². The van der Waals surface area contributed by atoms with Crippen LogP contribution in [0.3, 0.4) is 0 Å². The zero-order chi connectivity index (χ0) is 22.1. The van der Waals surface area contributed by atoms with Crippen LogP contribution in [-0.2, 0) is 10.0 Å². The van der Waals surface area contributed by atoms with Crippen molar-refractivity contribution in [1.29, 1.82) is 0 Å². The summed E-state index contributed by atoms with van der Waals surface area (Å²) in [6.07, 6.45) is 1.46. The smallest absolute Gasteiger partial charge is 0.247 e. The van der Waals surface area contributed by atoms with Crippen molar-refractivity contribution in [3.8, 4) is 28.7 Å². The highest BCUT2D eigenvalue weighted by atomic mass is 32.2. The van der Waals surface area contributed by atoms with Crippen LogP contribution in [0, 0.1) is 0 Å². The Kier molecular flexibility index (Phi) is 5.48. The van der Waals surface area contributed by atoms with Crippen LogP contribution in [0.25, 0.3) is 11.5 Å². The van der Waals surface area contributed by atoms with Crippen LogP contribution in [0.2, 0.25) is 0 Å². The van der Waals surface area contributed by atoms with E-state index in [4.69, 9.17) is 18.6 Å². The topological polar surface area (TPSA) is 104 Å². The number of para-hydroxylation sites is 1. The molecule has 2 aliphatic heterocycles. The maximum atomic E-state index is 13.3. The molecule has 9 nitrogen and oxygen atoms in total. The van der Waals surface area contributed by atoms with E-state index in [2.05, 4.69) is 10.2 Å². The summed E-state index contributed by atoms with van der Waals surface area (Å²) in [7, 11) is -3.72. The molecule has 3 aromatic rings. The number of hydrogen-bond acceptors (Lipinski definition) is 8. The number of rotatable bonds is 6. The van der Waals surface area contributed by atoms with Gasteiger partial charge in [0.05, 0.1) is 12.5 Å². The number of ether oxygens (including phenoxy) is 3. The van der Waals surface area contributed by atoms with Crippen molar-refractivity contribution in [3.63, 3.8) is 0 Å². The van der Waals surface area contributed by atoms with E-state index in [1.54, 1.807) is 36.4 Å². The molecule has 0 saturated carbocycles. The molecule has 2 aliphatic rings. The Morgan fingerprint density at radius 1 is 1.12 bits per heavy atom. The third kappa shape index (κ3) is 3.80. The van der Waals surface area contributed by atoms with Crippen molar-refractivity contribution in [3.05, 3.63) is 48.4 Å². The van der Waals surface area contributed by atoms with Gasteiger partial charge in [-0.2, -0.15) is 4.31 Å². The average molecular weight is 458 g/mol. The summed E-state index contributed by atoms with van der Waals surface area (Å²) in [6.45, 7) is 3.11. The summed E-state index contributed by atoms with van der Waals surface area (Å²) in [5.74, 6) is 2.27. The lowest BCUT2D eigenvalue weighted by Gasteiger charge is -2.30. The van der Waals surface area contributed by atoms with E-state index in [0.29, 0.717) is 48.6 Å². The van der Waals surface area contributed by atoms with Crippen LogP contribution in [0.4, 0.5) is 0 Å². The first-order valence-electron chi connectivity index (χ1n) is 10.5. The molecule has 5 rings (SSSR count). The van der Waals surface area contributed by atoms with Crippen molar-refractivity contribution >= 4 is 10.0 Å². The largest absolute Gasteiger partial charge is 0.492 e. The van der Waals surface area contributed by atoms with Gasteiger partial charge in [0.15, 0.2) is 11.5 Å². The van der Waals surface area contributed by atoms with E-state index in [-0.39, 0.29) is 24.2 Å². The Morgan fingerprint density at radius 2 is 1.97 bits per heavy atom. The minimum atomic E-state index is -3.72. The van der Waals surface area contributed by atoms with Crippen LogP contribution in [-0.4, -0.2) is 49.4 Å². The maximum Gasteiger partial charge on any atom is 0.247 e. The number of piperidine rings is 1. The fourth-order valence-corrected chi connectivity index (χ4v) is 5.64. The predicted octanol–water partition coefficient (Wildman–Crippen LogP) is 3.43. The Bertz CT molecular complexity index is 1230. The van der Waals surface area contributed by atoms with E-state index >= 15 is 0 Å². The molecule has 1 atom stereocenters. The first-order chi connectivity index (χ1) is 15.6. The molecule has 1 fully saturated rings. The van der Waals surface area contributed by atoms with Gasteiger partial charge < -0.3 is 18.6 Å². The molecule has 0 aliphatic carbocycles. The van der Waals surface area contributed by atoms with E-state index in [1.165, 1.54) is 4.31 Å². The monoisotopic (exact) mass is 457 g/mol. The Labute approximate surface area is 186 Å². The fourth-order valence-electron chi connectivity index (χ4n) is 3.99. The highest BCUT2D eigenvalue weighted by Gasteiger charge is 2.35. The third-order valence-electron chi connectivity index (χ3n) is 5.56. The molecule has 1 aromatic heterocycles. The molecular formula is C22H23N3O6S. The number of benzene rings is 2. The van der Waals surface area contributed by atoms with Crippen LogP contribution in [0.1, 0.15) is 31.6 Å². The minimum absolute atomic E-state index is 0.175. The van der Waals surface area contributed by atoms with Crippen LogP contribution < -0.4 is 14.2 Å². The highest BCUT2D eigenvalue weighted by Crippen LogP contribution is 2.37. The van der Waals surface area contributed by atoms with Gasteiger partial charge in [-0.05, 0) is 50.1 Å². The lowest BCUT2D eigenvalue weighted by Crippen LogP contribution is -2.39. The van der Waals surface area contributed by atoms with Crippen molar-refractivity contribution in [2.75, 3.05) is 26.5 Å². The second kappa shape index (κ2) is 8.44. The lowest BCUT2D eigenvalue weighted by atomic mass is 10.00. The Hall–Kier alpha value is -3.11. The Balaban J connectivity index is 1.37. The standard InChI is InChI=1S/C22H23N3O6S/c1-2-28-18-7-3-4-8-20(18)32(26,27)25-11-5-6-16(13-25)22-24-23-21(31-22)15-9-10-17-19(12-15)30-14-29-17/h3-4,7-10,12,16H,2,5-6,11,13-14H2,1H3. The first kappa shape index (κ1) is 20.8. The molecular weight excluding hydrogens is 434 g/mol. The molecule has 0 radical (unpaired) electrons. The van der Waals surface area contributed by atoms with Gasteiger partial charge in [0.1, 0.15) is 10.6 Å². The second-order valence-corrected chi connectivity index (χ2v) is 9.50. The van der Waals surface area contributed by atoms with E-state index < -0.39 is 10.0 Å². The molecule has 1 saturated heterocycles. The summed E-state index contributed by atoms with van der Waals surface area (Å²) in [5, 5.41) is 8.38. The molecule has 32 heavy (non-hydrogen) atoms. The third-order valence-corrected chi connectivity index (χ3v) is 7.46. The quantitative estimate of drug-likeness (QED) is 0.555. The van der Waals surface area contributed by atoms with Gasteiger partial charge in [0.2, 0.25) is 28.6 Å². The number of nitrogens with zero attached hydrogens (tertiary/aromatic N) is 3. The van der Waals surface area contributed by atoms with Gasteiger partial charge in [-0.15, -0.1) is 10.2 Å². The number of fused-ring (bicyclic) bond motifs is 1. The summed E-state index contributed by atoms with van der Waals surface area (Å²) in [4.78, 5) is 0.175. The summed E-state index contributed by atoms with van der Waals surface area (Å²) in [5.41, 5.74) is 0.721. The van der Waals surface area contributed by atoms with Crippen molar-refractivity contribution < 1.29 is 27.0 Å². The zero-order valence-electron chi connectivity index (χ0n) is 17.6. The van der Waals surface area contributed by atoms with Gasteiger partial charge in [-0.3, -0.25) is 0 Å². The van der Waals surface area contributed by atoms with Crippen LogP contribution in [0.5, 0.6) is 17.2 Å². The minimum Gasteiger partial charge on any atom is -0.492 e. The van der Waals surface area contributed by atoms with Gasteiger partial charge in [0, 0.05) is 18.7 Å². The number of sulfonamides is 1. The maximum absolute atomic E-state index is 13.3. The fraction of sp³-hybridized carbons (Fsp3) is 0.364. The molecule has 1 unspecified atom stereocenters. The van der Waals surface area contributed by atoms with Crippen molar-refractivity contribution in [2.24, 2.45) is 0 Å². The van der Waals surface area contributed by atoms with E-state index in [0.717, 1.165) is 12.0 Å². The molecule has 10 heteroatoms. The molecule has 0 spiro atoms. The lowest BCUT2D eigenvalue weighted by molar-refractivity contribution is 0.174. The van der Waals surface area contributed by atoms with Gasteiger partial charge >= 0.3 is 0 Å². The molecule has 168 valence electrons. The number of aromatic nitrogens is 2.